The van der Waals surface area contributed by atoms with Crippen molar-refractivity contribution in [3.05, 3.63) is 46.4 Å². The lowest BCUT2D eigenvalue weighted by Crippen LogP contribution is -2.50. The molecule has 1 saturated heterocycles. The first-order chi connectivity index (χ1) is 15.9. The quantitative estimate of drug-likeness (QED) is 0.726. The highest BCUT2D eigenvalue weighted by atomic mass is 16.5. The van der Waals surface area contributed by atoms with Crippen molar-refractivity contribution in [2.45, 2.75) is 31.7 Å². The van der Waals surface area contributed by atoms with E-state index in [0.717, 1.165) is 25.0 Å². The number of nitrogens with one attached hydrogen (secondary N) is 2. The predicted molar refractivity (Wildman–Crippen MR) is 123 cm³/mol. The van der Waals surface area contributed by atoms with Gasteiger partial charge in [-0.05, 0) is 37.3 Å². The number of aromatic nitrogens is 1. The van der Waals surface area contributed by atoms with E-state index in [0.29, 0.717) is 42.5 Å². The second-order valence-corrected chi connectivity index (χ2v) is 9.09. The van der Waals surface area contributed by atoms with E-state index in [-0.39, 0.29) is 35.3 Å². The summed E-state index contributed by atoms with van der Waals surface area (Å²) >= 11 is 0. The lowest BCUT2D eigenvalue weighted by atomic mass is 9.83. The number of piperidine rings is 1. The molecule has 2 aliphatic heterocycles. The number of ether oxygens (including phenoxy) is 2. The number of methoxy groups -OCH3 is 2. The first-order valence-corrected chi connectivity index (χ1v) is 11.3. The highest BCUT2D eigenvalue weighted by Crippen LogP contribution is 2.36. The third kappa shape index (κ3) is 4.27. The molecule has 9 heteroatoms. The van der Waals surface area contributed by atoms with Crippen molar-refractivity contribution < 1.29 is 19.1 Å². The summed E-state index contributed by atoms with van der Waals surface area (Å²) < 4.78 is 12.3. The number of hydrogen-bond donors (Lipinski definition) is 2. The maximum Gasteiger partial charge on any atom is 0.321 e. The molecule has 0 radical (unpaired) electrons. The van der Waals surface area contributed by atoms with Gasteiger partial charge in [-0.3, -0.25) is 9.59 Å². The van der Waals surface area contributed by atoms with Crippen LogP contribution >= 0.6 is 0 Å². The average Bonchev–Trinajstić information content (AvgIpc) is 3.66. The summed E-state index contributed by atoms with van der Waals surface area (Å²) in [5, 5.41) is 5.74. The molecule has 5 rings (SSSR count). The van der Waals surface area contributed by atoms with Gasteiger partial charge in [0.2, 0.25) is 5.91 Å². The van der Waals surface area contributed by atoms with Gasteiger partial charge in [0.25, 0.3) is 5.56 Å². The van der Waals surface area contributed by atoms with Crippen LogP contribution in [0.2, 0.25) is 0 Å². The fraction of sp³-hybridized carbons (Fsp3) is 0.458. The highest BCUT2D eigenvalue weighted by Gasteiger charge is 2.37. The number of amides is 3. The SMILES string of the molecule is COc1cc(NC(=O)N2C[C@@H]3C[C@H](C2)c2ccc(NC(=O)C4CC4)c(=O)n2C3)cc(OC)c1. The number of anilines is 2. The normalized spacial score (nSPS) is 21.1. The Hall–Kier alpha value is -3.49. The molecule has 1 aromatic heterocycles. The molecule has 9 nitrogen and oxygen atoms in total. The molecule has 2 fully saturated rings. The number of carbonyl (C=O) groups excluding carboxylic acids is 2. The topological polar surface area (TPSA) is 102 Å². The van der Waals surface area contributed by atoms with Crippen LogP contribution in [0.4, 0.5) is 16.2 Å². The Balaban J connectivity index is 1.32. The molecule has 1 saturated carbocycles. The van der Waals surface area contributed by atoms with Crippen molar-refractivity contribution in [1.29, 1.82) is 0 Å². The van der Waals surface area contributed by atoms with Gasteiger partial charge in [0.1, 0.15) is 17.2 Å². The van der Waals surface area contributed by atoms with Crippen LogP contribution in [0.5, 0.6) is 11.5 Å². The number of benzene rings is 1. The zero-order valence-electron chi connectivity index (χ0n) is 18.8. The fourth-order valence-corrected chi connectivity index (χ4v) is 4.87. The van der Waals surface area contributed by atoms with Crippen LogP contribution in [0.15, 0.2) is 35.1 Å². The van der Waals surface area contributed by atoms with E-state index in [9.17, 15) is 14.4 Å². The molecule has 174 valence electrons. The number of likely N-dealkylation sites (tertiary alicyclic amines) is 1. The number of pyridine rings is 1. The number of nitrogens with zero attached hydrogens (tertiary/aromatic N) is 2. The van der Waals surface area contributed by atoms with Crippen molar-refractivity contribution in [2.24, 2.45) is 11.8 Å². The molecule has 3 aliphatic rings. The molecule has 2 bridgehead atoms. The van der Waals surface area contributed by atoms with Gasteiger partial charge in [0, 0.05) is 61.1 Å². The number of rotatable bonds is 5. The molecular formula is C24H28N4O5. The first kappa shape index (κ1) is 21.4. The highest BCUT2D eigenvalue weighted by molar-refractivity contribution is 5.94. The molecule has 33 heavy (non-hydrogen) atoms. The van der Waals surface area contributed by atoms with Gasteiger partial charge < -0.3 is 29.6 Å². The van der Waals surface area contributed by atoms with Crippen LogP contribution in [0.1, 0.15) is 30.9 Å². The zero-order valence-corrected chi connectivity index (χ0v) is 18.8. The Morgan fingerprint density at radius 3 is 2.36 bits per heavy atom. The van der Waals surface area contributed by atoms with Gasteiger partial charge in [-0.1, -0.05) is 0 Å². The molecule has 0 unspecified atom stereocenters. The maximum absolute atomic E-state index is 13.0. The summed E-state index contributed by atoms with van der Waals surface area (Å²) in [4.78, 5) is 40.0. The fourth-order valence-electron chi connectivity index (χ4n) is 4.87. The molecule has 1 aliphatic carbocycles. The zero-order chi connectivity index (χ0) is 23.1. The Kier molecular flexibility index (Phi) is 5.47. The monoisotopic (exact) mass is 452 g/mol. The third-order valence-electron chi connectivity index (χ3n) is 6.70. The second-order valence-electron chi connectivity index (χ2n) is 9.09. The largest absolute Gasteiger partial charge is 0.497 e. The Labute approximate surface area is 191 Å². The Morgan fingerprint density at radius 1 is 0.970 bits per heavy atom. The standard InChI is InChI=1S/C24H28N4O5/c1-32-18-8-17(9-19(10-18)33-2)25-24(31)27-11-14-7-16(13-27)21-6-5-20(23(30)28(21)12-14)26-22(29)15-3-4-15/h5-6,8-10,14-16H,3-4,7,11-13H2,1-2H3,(H,25,31)(H,26,29)/t14-,16+/m0/s1. The van der Waals surface area contributed by atoms with Crippen molar-refractivity contribution in [3.8, 4) is 11.5 Å². The molecule has 2 atom stereocenters. The Bertz CT molecular complexity index is 1130. The third-order valence-corrected chi connectivity index (χ3v) is 6.70. The van der Waals surface area contributed by atoms with E-state index >= 15 is 0 Å². The number of hydrogen-bond acceptors (Lipinski definition) is 5. The van der Waals surface area contributed by atoms with E-state index in [1.807, 2.05) is 11.0 Å². The molecule has 2 aromatic rings. The smallest absolute Gasteiger partial charge is 0.321 e. The summed E-state index contributed by atoms with van der Waals surface area (Å²) in [6.45, 7) is 1.62. The molecule has 3 amide bonds. The summed E-state index contributed by atoms with van der Waals surface area (Å²) in [5.74, 6) is 1.41. The first-order valence-electron chi connectivity index (χ1n) is 11.3. The summed E-state index contributed by atoms with van der Waals surface area (Å²) in [6.07, 6.45) is 2.72. The van der Waals surface area contributed by atoms with Gasteiger partial charge in [-0.15, -0.1) is 0 Å². The minimum atomic E-state index is -0.191. The van der Waals surface area contributed by atoms with Gasteiger partial charge >= 0.3 is 6.03 Å². The van der Waals surface area contributed by atoms with Crippen molar-refractivity contribution in [2.75, 3.05) is 37.9 Å². The molecule has 1 aromatic carbocycles. The Morgan fingerprint density at radius 2 is 1.70 bits per heavy atom. The van der Waals surface area contributed by atoms with Crippen molar-refractivity contribution in [3.63, 3.8) is 0 Å². The average molecular weight is 453 g/mol. The summed E-state index contributed by atoms with van der Waals surface area (Å²) in [7, 11) is 3.13. The van der Waals surface area contributed by atoms with E-state index < -0.39 is 0 Å². The lowest BCUT2D eigenvalue weighted by molar-refractivity contribution is -0.117. The second kappa shape index (κ2) is 8.46. The number of carbonyl (C=O) groups is 2. The predicted octanol–water partition coefficient (Wildman–Crippen LogP) is 2.87. The van der Waals surface area contributed by atoms with Crippen LogP contribution in [0.25, 0.3) is 0 Å². The van der Waals surface area contributed by atoms with Gasteiger partial charge in [0.05, 0.1) is 14.2 Å². The van der Waals surface area contributed by atoms with Crippen LogP contribution in [-0.4, -0.2) is 48.7 Å². The van der Waals surface area contributed by atoms with Crippen molar-refractivity contribution >= 4 is 23.3 Å². The van der Waals surface area contributed by atoms with Crippen LogP contribution < -0.4 is 25.7 Å². The maximum atomic E-state index is 13.0. The van der Waals surface area contributed by atoms with Gasteiger partial charge in [0.15, 0.2) is 0 Å². The molecular weight excluding hydrogens is 424 g/mol. The number of fused-ring (bicyclic) bond motifs is 4. The van der Waals surface area contributed by atoms with E-state index in [4.69, 9.17) is 9.47 Å². The molecule has 2 N–H and O–H groups in total. The van der Waals surface area contributed by atoms with Crippen LogP contribution in [0.3, 0.4) is 0 Å². The minimum absolute atomic E-state index is 0.0430. The molecule has 0 spiro atoms. The van der Waals surface area contributed by atoms with Crippen LogP contribution in [-0.2, 0) is 11.3 Å². The number of urea groups is 1. The summed E-state index contributed by atoms with van der Waals surface area (Å²) in [6, 6.07) is 8.67. The summed E-state index contributed by atoms with van der Waals surface area (Å²) in [5.41, 5.74) is 1.70. The molecule has 3 heterocycles. The van der Waals surface area contributed by atoms with E-state index in [1.54, 1.807) is 43.1 Å². The van der Waals surface area contributed by atoms with Gasteiger partial charge in [-0.25, -0.2) is 4.79 Å². The minimum Gasteiger partial charge on any atom is -0.497 e. The van der Waals surface area contributed by atoms with E-state index in [2.05, 4.69) is 10.6 Å². The van der Waals surface area contributed by atoms with Gasteiger partial charge in [-0.2, -0.15) is 0 Å². The lowest BCUT2D eigenvalue weighted by Gasteiger charge is -2.42. The van der Waals surface area contributed by atoms with Crippen LogP contribution in [0, 0.1) is 11.8 Å². The van der Waals surface area contributed by atoms with Crippen molar-refractivity contribution in [1.82, 2.24) is 9.47 Å². The van der Waals surface area contributed by atoms with E-state index in [1.165, 1.54) is 0 Å².